The molecule has 1 aromatic carbocycles. The third kappa shape index (κ3) is 5.82. The molecule has 132 valence electrons. The highest BCUT2D eigenvalue weighted by atomic mass is 16.6. The van der Waals surface area contributed by atoms with Crippen molar-refractivity contribution < 1.29 is 19.1 Å². The van der Waals surface area contributed by atoms with Crippen molar-refractivity contribution in [3.05, 3.63) is 29.8 Å². The van der Waals surface area contributed by atoms with Crippen LogP contribution in [0.3, 0.4) is 0 Å². The van der Waals surface area contributed by atoms with E-state index in [0.717, 1.165) is 0 Å². The van der Waals surface area contributed by atoms with Crippen LogP contribution in [0.25, 0.3) is 0 Å². The van der Waals surface area contributed by atoms with E-state index in [2.05, 4.69) is 5.32 Å². The van der Waals surface area contributed by atoms with Crippen molar-refractivity contribution >= 4 is 11.9 Å². The van der Waals surface area contributed by atoms with Crippen molar-refractivity contribution in [3.8, 4) is 17.9 Å². The molecule has 7 nitrogen and oxygen atoms in total. The molecular formula is C18H21N3O4. The first kappa shape index (κ1) is 20.0. The second-order valence-electron chi connectivity index (χ2n) is 6.02. The van der Waals surface area contributed by atoms with E-state index in [0.29, 0.717) is 11.3 Å². The van der Waals surface area contributed by atoms with Crippen LogP contribution in [-0.4, -0.2) is 30.1 Å². The lowest BCUT2D eigenvalue weighted by atomic mass is 9.90. The lowest BCUT2D eigenvalue weighted by Gasteiger charge is -2.27. The van der Waals surface area contributed by atoms with Gasteiger partial charge in [0.25, 0.3) is 5.91 Å². The summed E-state index contributed by atoms with van der Waals surface area (Å²) in [5.41, 5.74) is -0.557. The molecule has 0 aliphatic heterocycles. The molecule has 0 bridgehead atoms. The number of ether oxygens (including phenoxy) is 2. The predicted octanol–water partition coefficient (Wildman–Crippen LogP) is 1.92. The second-order valence-corrected chi connectivity index (χ2v) is 6.02. The van der Waals surface area contributed by atoms with Gasteiger partial charge in [-0.1, -0.05) is 13.8 Å². The zero-order valence-corrected chi connectivity index (χ0v) is 14.7. The zero-order valence-electron chi connectivity index (χ0n) is 14.7. The van der Waals surface area contributed by atoms with Gasteiger partial charge in [0.15, 0.2) is 12.7 Å². The van der Waals surface area contributed by atoms with Crippen LogP contribution in [0, 0.1) is 28.6 Å². The number of carbonyl (C=O) groups is 2. The summed E-state index contributed by atoms with van der Waals surface area (Å²) < 4.78 is 10.3. The zero-order chi connectivity index (χ0) is 19.0. The van der Waals surface area contributed by atoms with Gasteiger partial charge in [0.1, 0.15) is 11.3 Å². The van der Waals surface area contributed by atoms with Crippen LogP contribution >= 0.6 is 0 Å². The molecule has 0 saturated carbocycles. The number of carbonyl (C=O) groups excluding carboxylic acids is 2. The lowest BCUT2D eigenvalue weighted by Crippen LogP contribution is -2.50. The number of benzene rings is 1. The number of rotatable bonds is 7. The van der Waals surface area contributed by atoms with Crippen LogP contribution in [-0.2, 0) is 14.3 Å². The topological polar surface area (TPSA) is 112 Å². The van der Waals surface area contributed by atoms with Crippen LogP contribution < -0.4 is 10.1 Å². The maximum absolute atomic E-state index is 11.9. The fraction of sp³-hybridized carbons (Fsp3) is 0.444. The summed E-state index contributed by atoms with van der Waals surface area (Å²) in [6, 6.07) is 10.3. The van der Waals surface area contributed by atoms with E-state index in [9.17, 15) is 9.59 Å². The van der Waals surface area contributed by atoms with E-state index in [1.807, 2.05) is 26.0 Å². The van der Waals surface area contributed by atoms with E-state index in [1.165, 1.54) is 6.92 Å². The number of hydrogen-bond acceptors (Lipinski definition) is 6. The molecule has 0 radical (unpaired) electrons. The number of nitrogens with zero attached hydrogens (tertiary/aromatic N) is 2. The fourth-order valence-corrected chi connectivity index (χ4v) is 1.74. The minimum atomic E-state index is -1.03. The smallest absolute Gasteiger partial charge is 0.347 e. The van der Waals surface area contributed by atoms with Gasteiger partial charge in [-0.2, -0.15) is 10.5 Å². The standard InChI is InChI=1S/C18H21N3O4/c1-12(2)18(4,11-20)21-16(22)10-24-17(23)13(3)25-15-7-5-14(9-19)6-8-15/h5-8,12-13H,10H2,1-4H3,(H,21,22)/t13-,18+/m1/s1. The maximum Gasteiger partial charge on any atom is 0.347 e. The molecule has 0 aliphatic rings. The normalized spacial score (nSPS) is 13.7. The Morgan fingerprint density at radius 3 is 2.28 bits per heavy atom. The number of esters is 1. The molecule has 0 aliphatic carbocycles. The highest BCUT2D eigenvalue weighted by Crippen LogP contribution is 2.15. The van der Waals surface area contributed by atoms with E-state index >= 15 is 0 Å². The fourth-order valence-electron chi connectivity index (χ4n) is 1.74. The highest BCUT2D eigenvalue weighted by molar-refractivity contribution is 5.82. The number of hydrogen-bond donors (Lipinski definition) is 1. The summed E-state index contributed by atoms with van der Waals surface area (Å²) in [5, 5.41) is 20.4. The minimum Gasteiger partial charge on any atom is -0.479 e. The van der Waals surface area contributed by atoms with Gasteiger partial charge in [0.2, 0.25) is 0 Å². The Bertz CT molecular complexity index is 701. The number of nitriles is 2. The first-order valence-corrected chi connectivity index (χ1v) is 7.77. The Kier molecular flexibility index (Phi) is 6.95. The second kappa shape index (κ2) is 8.70. The molecule has 7 heteroatoms. The Morgan fingerprint density at radius 2 is 1.80 bits per heavy atom. The average molecular weight is 343 g/mol. The van der Waals surface area contributed by atoms with E-state index in [-0.39, 0.29) is 5.92 Å². The van der Waals surface area contributed by atoms with Gasteiger partial charge in [0.05, 0.1) is 17.7 Å². The van der Waals surface area contributed by atoms with Gasteiger partial charge in [-0.25, -0.2) is 4.79 Å². The highest BCUT2D eigenvalue weighted by Gasteiger charge is 2.30. The molecule has 2 atom stereocenters. The Hall–Kier alpha value is -3.06. The summed E-state index contributed by atoms with van der Waals surface area (Å²) in [5.74, 6) is -0.958. The van der Waals surface area contributed by atoms with Gasteiger partial charge in [-0.05, 0) is 44.0 Å². The van der Waals surface area contributed by atoms with Crippen molar-refractivity contribution in [2.45, 2.75) is 39.3 Å². The summed E-state index contributed by atoms with van der Waals surface area (Å²) in [4.78, 5) is 23.8. The molecule has 1 N–H and O–H groups in total. The number of nitrogens with one attached hydrogen (secondary N) is 1. The van der Waals surface area contributed by atoms with Crippen molar-refractivity contribution in [1.29, 1.82) is 10.5 Å². The first-order valence-electron chi connectivity index (χ1n) is 7.77. The van der Waals surface area contributed by atoms with E-state index < -0.39 is 30.1 Å². The molecule has 1 rings (SSSR count). The number of amides is 1. The van der Waals surface area contributed by atoms with Crippen LogP contribution in [0.15, 0.2) is 24.3 Å². The summed E-state index contributed by atoms with van der Waals surface area (Å²) >= 11 is 0. The van der Waals surface area contributed by atoms with E-state index in [4.69, 9.17) is 20.0 Å². The SMILES string of the molecule is CC(C)[C@](C)(C#N)NC(=O)COC(=O)[C@@H](C)Oc1ccc(C#N)cc1. The minimum absolute atomic E-state index is 0.101. The van der Waals surface area contributed by atoms with Crippen LogP contribution in [0.5, 0.6) is 5.75 Å². The molecule has 1 amide bonds. The Labute approximate surface area is 147 Å². The van der Waals surface area contributed by atoms with Crippen molar-refractivity contribution in [2.75, 3.05) is 6.61 Å². The summed E-state index contributed by atoms with van der Waals surface area (Å²) in [7, 11) is 0. The predicted molar refractivity (Wildman–Crippen MR) is 89.2 cm³/mol. The molecule has 0 spiro atoms. The van der Waals surface area contributed by atoms with Crippen molar-refractivity contribution in [1.82, 2.24) is 5.32 Å². The monoisotopic (exact) mass is 343 g/mol. The average Bonchev–Trinajstić information content (AvgIpc) is 2.59. The van der Waals surface area contributed by atoms with Crippen LogP contribution in [0.1, 0.15) is 33.3 Å². The largest absolute Gasteiger partial charge is 0.479 e. The van der Waals surface area contributed by atoms with Crippen LogP contribution in [0.2, 0.25) is 0 Å². The molecule has 0 fully saturated rings. The van der Waals surface area contributed by atoms with Gasteiger partial charge < -0.3 is 14.8 Å². The van der Waals surface area contributed by atoms with Crippen molar-refractivity contribution in [2.24, 2.45) is 5.92 Å². The third-order valence-corrected chi connectivity index (χ3v) is 3.76. The molecule has 25 heavy (non-hydrogen) atoms. The Morgan fingerprint density at radius 1 is 1.20 bits per heavy atom. The van der Waals surface area contributed by atoms with Crippen molar-refractivity contribution in [3.63, 3.8) is 0 Å². The van der Waals surface area contributed by atoms with Gasteiger partial charge >= 0.3 is 5.97 Å². The molecule has 0 saturated heterocycles. The molecular weight excluding hydrogens is 322 g/mol. The molecule has 0 heterocycles. The molecule has 1 aromatic rings. The van der Waals surface area contributed by atoms with Crippen LogP contribution in [0.4, 0.5) is 0 Å². The Balaban J connectivity index is 2.51. The summed E-state index contributed by atoms with van der Waals surface area (Å²) in [6.07, 6.45) is -0.923. The van der Waals surface area contributed by atoms with Gasteiger partial charge in [-0.3, -0.25) is 4.79 Å². The van der Waals surface area contributed by atoms with E-state index in [1.54, 1.807) is 31.2 Å². The lowest BCUT2D eigenvalue weighted by molar-refractivity contribution is -0.155. The first-order chi connectivity index (χ1) is 11.7. The van der Waals surface area contributed by atoms with Gasteiger partial charge in [0, 0.05) is 0 Å². The quantitative estimate of drug-likeness (QED) is 0.757. The summed E-state index contributed by atoms with van der Waals surface area (Å²) in [6.45, 7) is 6.22. The molecule has 0 unspecified atom stereocenters. The molecule has 0 aromatic heterocycles. The third-order valence-electron chi connectivity index (χ3n) is 3.76. The van der Waals surface area contributed by atoms with Gasteiger partial charge in [-0.15, -0.1) is 0 Å². The maximum atomic E-state index is 11.9.